The number of nitrogens with zero attached hydrogens (tertiary/aromatic N) is 1. The maximum atomic E-state index is 5.57. The minimum atomic E-state index is 0.324. The molecule has 2 unspecified atom stereocenters. The van der Waals surface area contributed by atoms with Crippen LogP contribution in [-0.4, -0.2) is 22.0 Å². The van der Waals surface area contributed by atoms with Crippen molar-refractivity contribution in [3.05, 3.63) is 16.1 Å². The minimum Gasteiger partial charge on any atom is -0.271 e. The fourth-order valence-electron chi connectivity index (χ4n) is 1.27. The van der Waals surface area contributed by atoms with E-state index in [2.05, 4.69) is 29.6 Å². The topological polar surface area (TPSA) is 50.9 Å². The molecule has 0 bridgehead atoms. The predicted octanol–water partition coefficient (Wildman–Crippen LogP) is 2.36. The molecule has 3 nitrogen and oxygen atoms in total. The summed E-state index contributed by atoms with van der Waals surface area (Å²) in [7, 11) is 0. The lowest BCUT2D eigenvalue weighted by Gasteiger charge is -2.16. The number of hydrazine groups is 1. The van der Waals surface area contributed by atoms with E-state index in [1.54, 1.807) is 11.3 Å². The first-order valence-corrected chi connectivity index (χ1v) is 7.57. The molecule has 0 aliphatic heterocycles. The third-order valence-corrected chi connectivity index (χ3v) is 4.97. The van der Waals surface area contributed by atoms with Crippen molar-refractivity contribution in [3.63, 3.8) is 0 Å². The SMILES string of the molecule is CCC(C)SCC(Cc1nc(C)cs1)NN. The first-order chi connectivity index (χ1) is 7.65. The Morgan fingerprint density at radius 2 is 2.38 bits per heavy atom. The molecule has 0 radical (unpaired) electrons. The molecule has 0 amide bonds. The molecule has 2 atom stereocenters. The number of rotatable bonds is 7. The number of thioether (sulfide) groups is 1. The summed E-state index contributed by atoms with van der Waals surface area (Å²) >= 11 is 3.69. The van der Waals surface area contributed by atoms with E-state index >= 15 is 0 Å². The maximum Gasteiger partial charge on any atom is 0.0944 e. The van der Waals surface area contributed by atoms with Gasteiger partial charge in [-0.05, 0) is 13.3 Å². The van der Waals surface area contributed by atoms with Crippen LogP contribution < -0.4 is 11.3 Å². The van der Waals surface area contributed by atoms with Crippen molar-refractivity contribution in [1.82, 2.24) is 10.4 Å². The van der Waals surface area contributed by atoms with Gasteiger partial charge in [-0.15, -0.1) is 11.3 Å². The molecule has 1 aromatic heterocycles. The number of thiazole rings is 1. The fourth-order valence-corrected chi connectivity index (χ4v) is 3.14. The molecule has 3 N–H and O–H groups in total. The van der Waals surface area contributed by atoms with E-state index in [9.17, 15) is 0 Å². The third-order valence-electron chi connectivity index (χ3n) is 2.48. The molecule has 0 aliphatic rings. The van der Waals surface area contributed by atoms with Gasteiger partial charge in [-0.3, -0.25) is 11.3 Å². The Morgan fingerprint density at radius 1 is 1.62 bits per heavy atom. The average Bonchev–Trinajstić information content (AvgIpc) is 2.69. The van der Waals surface area contributed by atoms with Crippen LogP contribution in [0, 0.1) is 6.92 Å². The van der Waals surface area contributed by atoms with Crippen LogP contribution in [-0.2, 0) is 6.42 Å². The molecule has 0 aliphatic carbocycles. The minimum absolute atomic E-state index is 0.324. The van der Waals surface area contributed by atoms with Gasteiger partial charge in [0.25, 0.3) is 0 Å². The Bertz CT molecular complexity index is 301. The van der Waals surface area contributed by atoms with Gasteiger partial charge in [-0.1, -0.05) is 13.8 Å². The second-order valence-electron chi connectivity index (χ2n) is 4.00. The Morgan fingerprint density at radius 3 is 2.88 bits per heavy atom. The summed E-state index contributed by atoms with van der Waals surface area (Å²) in [6.45, 7) is 6.50. The van der Waals surface area contributed by atoms with Crippen LogP contribution in [0.2, 0.25) is 0 Å². The molecule has 0 spiro atoms. The highest BCUT2D eigenvalue weighted by molar-refractivity contribution is 7.99. The Kier molecular flexibility index (Phi) is 6.34. The van der Waals surface area contributed by atoms with Gasteiger partial charge in [-0.2, -0.15) is 11.8 Å². The van der Waals surface area contributed by atoms with Crippen LogP contribution in [0.5, 0.6) is 0 Å². The van der Waals surface area contributed by atoms with E-state index in [4.69, 9.17) is 5.84 Å². The predicted molar refractivity (Wildman–Crippen MR) is 73.9 cm³/mol. The van der Waals surface area contributed by atoms with Gasteiger partial charge in [0.15, 0.2) is 0 Å². The molecule has 0 saturated carbocycles. The number of aryl methyl sites for hydroxylation is 1. The number of nitrogens with one attached hydrogen (secondary N) is 1. The molecule has 1 aromatic rings. The highest BCUT2D eigenvalue weighted by Crippen LogP contribution is 2.17. The largest absolute Gasteiger partial charge is 0.271 e. The number of hydrogen-bond acceptors (Lipinski definition) is 5. The summed E-state index contributed by atoms with van der Waals surface area (Å²) in [5.74, 6) is 6.61. The van der Waals surface area contributed by atoms with Gasteiger partial charge in [0.1, 0.15) is 0 Å². The van der Waals surface area contributed by atoms with Gasteiger partial charge in [0.2, 0.25) is 0 Å². The van der Waals surface area contributed by atoms with Crippen LogP contribution in [0.25, 0.3) is 0 Å². The lowest BCUT2D eigenvalue weighted by molar-refractivity contribution is 0.573. The monoisotopic (exact) mass is 259 g/mol. The van der Waals surface area contributed by atoms with Gasteiger partial charge in [-0.25, -0.2) is 4.98 Å². The standard InChI is InChI=1S/C11H21N3S2/c1-4-9(3)15-7-10(14-12)5-11-13-8(2)6-16-11/h6,9-10,14H,4-5,7,12H2,1-3H3. The van der Waals surface area contributed by atoms with Crippen molar-refractivity contribution in [2.75, 3.05) is 5.75 Å². The van der Waals surface area contributed by atoms with Crippen molar-refractivity contribution in [2.24, 2.45) is 5.84 Å². The molecule has 5 heteroatoms. The van der Waals surface area contributed by atoms with E-state index in [1.165, 1.54) is 11.4 Å². The highest BCUT2D eigenvalue weighted by atomic mass is 32.2. The summed E-state index contributed by atoms with van der Waals surface area (Å²) in [4.78, 5) is 4.46. The number of aromatic nitrogens is 1. The van der Waals surface area contributed by atoms with Crippen LogP contribution in [0.4, 0.5) is 0 Å². The fraction of sp³-hybridized carbons (Fsp3) is 0.727. The summed E-state index contributed by atoms with van der Waals surface area (Å²) in [5.41, 5.74) is 3.99. The molecule has 1 rings (SSSR count). The summed E-state index contributed by atoms with van der Waals surface area (Å²) in [5, 5.41) is 3.96. The maximum absolute atomic E-state index is 5.57. The van der Waals surface area contributed by atoms with Gasteiger partial charge in [0, 0.05) is 34.5 Å². The van der Waals surface area contributed by atoms with E-state index in [0.29, 0.717) is 11.3 Å². The molecular formula is C11H21N3S2. The molecule has 1 heterocycles. The summed E-state index contributed by atoms with van der Waals surface area (Å²) in [6, 6.07) is 0.324. The summed E-state index contributed by atoms with van der Waals surface area (Å²) in [6.07, 6.45) is 2.14. The first-order valence-electron chi connectivity index (χ1n) is 5.64. The van der Waals surface area contributed by atoms with Crippen LogP contribution in [0.15, 0.2) is 5.38 Å². The Labute approximate surface area is 106 Å². The van der Waals surface area contributed by atoms with Crippen LogP contribution in [0.1, 0.15) is 31.0 Å². The van der Waals surface area contributed by atoms with E-state index in [1.807, 2.05) is 18.7 Å². The van der Waals surface area contributed by atoms with Crippen molar-refractivity contribution in [1.29, 1.82) is 0 Å². The molecule has 16 heavy (non-hydrogen) atoms. The molecule has 0 fully saturated rings. The van der Waals surface area contributed by atoms with Crippen molar-refractivity contribution in [3.8, 4) is 0 Å². The zero-order valence-corrected chi connectivity index (χ0v) is 11.8. The van der Waals surface area contributed by atoms with Crippen molar-refractivity contribution < 1.29 is 0 Å². The van der Waals surface area contributed by atoms with E-state index in [-0.39, 0.29) is 0 Å². The zero-order valence-electron chi connectivity index (χ0n) is 10.2. The van der Waals surface area contributed by atoms with Crippen LogP contribution >= 0.6 is 23.1 Å². The van der Waals surface area contributed by atoms with E-state index < -0.39 is 0 Å². The van der Waals surface area contributed by atoms with Gasteiger partial charge < -0.3 is 0 Å². The van der Waals surface area contributed by atoms with Crippen molar-refractivity contribution >= 4 is 23.1 Å². The zero-order chi connectivity index (χ0) is 12.0. The summed E-state index contributed by atoms with van der Waals surface area (Å²) < 4.78 is 0. The normalized spacial score (nSPS) is 15.0. The first kappa shape index (κ1) is 14.0. The smallest absolute Gasteiger partial charge is 0.0944 e. The van der Waals surface area contributed by atoms with Gasteiger partial charge in [0.05, 0.1) is 5.01 Å². The van der Waals surface area contributed by atoms with Crippen molar-refractivity contribution in [2.45, 2.75) is 44.9 Å². The molecule has 92 valence electrons. The highest BCUT2D eigenvalue weighted by Gasteiger charge is 2.11. The second-order valence-corrected chi connectivity index (χ2v) is 6.42. The quantitative estimate of drug-likeness (QED) is 0.583. The van der Waals surface area contributed by atoms with Gasteiger partial charge >= 0.3 is 0 Å². The Balaban J connectivity index is 2.37. The molecule has 0 aromatic carbocycles. The lowest BCUT2D eigenvalue weighted by atomic mass is 10.2. The number of hydrogen-bond donors (Lipinski definition) is 2. The van der Waals surface area contributed by atoms with E-state index in [0.717, 1.165) is 17.9 Å². The Hall–Kier alpha value is -0.100. The average molecular weight is 259 g/mol. The third kappa shape index (κ3) is 4.82. The second kappa shape index (κ2) is 7.27. The van der Waals surface area contributed by atoms with Crippen LogP contribution in [0.3, 0.4) is 0 Å². The lowest BCUT2D eigenvalue weighted by Crippen LogP contribution is -2.39. The molecular weight excluding hydrogens is 238 g/mol. The molecule has 0 saturated heterocycles. The number of nitrogens with two attached hydrogens (primary N) is 1.